The number of ketones is 1. The van der Waals surface area contributed by atoms with Gasteiger partial charge in [-0.25, -0.2) is 0 Å². The Labute approximate surface area is 264 Å². The minimum atomic E-state index is -0.165. The molecular formula is C35H57N5O4. The molecule has 4 heterocycles. The highest BCUT2D eigenvalue weighted by Crippen LogP contribution is 2.49. The molecule has 0 aromatic rings. The summed E-state index contributed by atoms with van der Waals surface area (Å²) in [6.45, 7) is 9.81. The summed E-state index contributed by atoms with van der Waals surface area (Å²) in [6, 6.07) is 0.554. The third kappa shape index (κ3) is 6.78. The van der Waals surface area contributed by atoms with Gasteiger partial charge in [0, 0.05) is 37.8 Å². The van der Waals surface area contributed by atoms with E-state index in [0.717, 1.165) is 96.3 Å². The van der Waals surface area contributed by atoms with Gasteiger partial charge in [-0.05, 0) is 95.9 Å². The predicted molar refractivity (Wildman–Crippen MR) is 170 cm³/mol. The average molecular weight is 612 g/mol. The number of fused-ring (bicyclic) bond motifs is 3. The third-order valence-electron chi connectivity index (χ3n) is 12.2. The summed E-state index contributed by atoms with van der Waals surface area (Å²) in [5.41, 5.74) is 0.395. The molecule has 8 unspecified atom stereocenters. The van der Waals surface area contributed by atoms with Crippen LogP contribution in [0.1, 0.15) is 83.5 Å². The maximum Gasteiger partial charge on any atom is 0.256 e. The van der Waals surface area contributed by atoms with Gasteiger partial charge in [-0.3, -0.25) is 14.5 Å². The van der Waals surface area contributed by atoms with Crippen molar-refractivity contribution in [3.05, 3.63) is 11.8 Å². The van der Waals surface area contributed by atoms with Crippen molar-refractivity contribution in [1.82, 2.24) is 25.3 Å². The van der Waals surface area contributed by atoms with E-state index in [1.54, 1.807) is 0 Å². The van der Waals surface area contributed by atoms with Crippen LogP contribution < -0.4 is 10.6 Å². The molecule has 1 amide bonds. The van der Waals surface area contributed by atoms with Gasteiger partial charge in [0.1, 0.15) is 0 Å². The number of rotatable bonds is 10. The summed E-state index contributed by atoms with van der Waals surface area (Å²) in [6.07, 6.45) is 17.5. The van der Waals surface area contributed by atoms with Gasteiger partial charge >= 0.3 is 0 Å². The Bertz CT molecular complexity index is 1030. The van der Waals surface area contributed by atoms with Crippen LogP contribution in [0.5, 0.6) is 0 Å². The summed E-state index contributed by atoms with van der Waals surface area (Å²) in [4.78, 5) is 35.1. The van der Waals surface area contributed by atoms with Gasteiger partial charge in [0.25, 0.3) is 5.91 Å². The molecular weight excluding hydrogens is 554 g/mol. The molecule has 44 heavy (non-hydrogen) atoms. The van der Waals surface area contributed by atoms with Gasteiger partial charge in [-0.2, -0.15) is 0 Å². The van der Waals surface area contributed by atoms with E-state index >= 15 is 0 Å². The fraction of sp³-hybridized carbons (Fsp3) is 0.886. The number of nitrogens with zero attached hydrogens (tertiary/aromatic N) is 3. The molecule has 9 heteroatoms. The fourth-order valence-electron chi connectivity index (χ4n) is 9.89. The first-order valence-corrected chi connectivity index (χ1v) is 18.4. The third-order valence-corrected chi connectivity index (χ3v) is 12.2. The van der Waals surface area contributed by atoms with Crippen LogP contribution >= 0.6 is 0 Å². The Kier molecular flexibility index (Phi) is 10.2. The summed E-state index contributed by atoms with van der Waals surface area (Å²) >= 11 is 0. The Balaban J connectivity index is 1.03. The van der Waals surface area contributed by atoms with Crippen LogP contribution in [0.2, 0.25) is 0 Å². The Morgan fingerprint density at radius 1 is 0.841 bits per heavy atom. The van der Waals surface area contributed by atoms with E-state index in [1.807, 2.05) is 6.20 Å². The van der Waals surface area contributed by atoms with Gasteiger partial charge < -0.3 is 29.9 Å². The first-order chi connectivity index (χ1) is 21.7. The molecule has 3 aliphatic carbocycles. The minimum Gasteiger partial charge on any atom is -0.379 e. The number of ether oxygens (including phenoxy) is 2. The second kappa shape index (κ2) is 14.5. The predicted octanol–water partition coefficient (Wildman–Crippen LogP) is 2.94. The molecule has 0 spiro atoms. The molecule has 7 rings (SSSR count). The van der Waals surface area contributed by atoms with E-state index in [9.17, 15) is 9.59 Å². The van der Waals surface area contributed by atoms with Crippen molar-refractivity contribution in [2.24, 2.45) is 17.8 Å². The van der Waals surface area contributed by atoms with Gasteiger partial charge in [-0.15, -0.1) is 0 Å². The maximum absolute atomic E-state index is 14.0. The molecule has 8 atom stereocenters. The second-order valence-corrected chi connectivity index (χ2v) is 14.9. The normalized spacial score (nSPS) is 37.9. The molecule has 9 nitrogen and oxygen atoms in total. The number of morpholine rings is 2. The van der Waals surface area contributed by atoms with E-state index in [2.05, 4.69) is 25.3 Å². The summed E-state index contributed by atoms with van der Waals surface area (Å²) < 4.78 is 12.6. The topological polar surface area (TPSA) is 86.4 Å². The fourth-order valence-corrected chi connectivity index (χ4v) is 9.89. The van der Waals surface area contributed by atoms with Crippen LogP contribution in [0.25, 0.3) is 0 Å². The number of hydrogen-bond acceptors (Lipinski definition) is 8. The van der Waals surface area contributed by atoms with E-state index in [4.69, 9.17) is 9.47 Å². The quantitative estimate of drug-likeness (QED) is 0.288. The van der Waals surface area contributed by atoms with Crippen molar-refractivity contribution in [3.8, 4) is 0 Å². The van der Waals surface area contributed by atoms with E-state index in [0.29, 0.717) is 12.1 Å². The largest absolute Gasteiger partial charge is 0.379 e. The lowest BCUT2D eigenvalue weighted by molar-refractivity contribution is -0.200. The van der Waals surface area contributed by atoms with Gasteiger partial charge in [0.15, 0.2) is 5.78 Å². The summed E-state index contributed by atoms with van der Waals surface area (Å²) in [7, 11) is 0. The number of amides is 1. The molecule has 3 saturated carbocycles. The van der Waals surface area contributed by atoms with E-state index < -0.39 is 0 Å². The lowest BCUT2D eigenvalue weighted by Gasteiger charge is -2.60. The van der Waals surface area contributed by atoms with E-state index in [1.165, 1.54) is 58.0 Å². The highest BCUT2D eigenvalue weighted by molar-refractivity contribution is 6.20. The van der Waals surface area contributed by atoms with E-state index in [-0.39, 0.29) is 47.9 Å². The lowest BCUT2D eigenvalue weighted by Crippen LogP contribution is -2.71. The first kappa shape index (κ1) is 31.1. The zero-order chi connectivity index (χ0) is 29.9. The molecule has 0 aromatic carbocycles. The van der Waals surface area contributed by atoms with Crippen molar-refractivity contribution >= 4 is 11.7 Å². The molecule has 2 N–H and O–H groups in total. The average Bonchev–Trinajstić information content (AvgIpc) is 3.06. The van der Waals surface area contributed by atoms with Gasteiger partial charge in [0.2, 0.25) is 0 Å². The Hall–Kier alpha value is -1.52. The van der Waals surface area contributed by atoms with Gasteiger partial charge in [-0.1, -0.05) is 32.1 Å². The van der Waals surface area contributed by atoms with Crippen LogP contribution in [-0.4, -0.2) is 122 Å². The monoisotopic (exact) mass is 611 g/mol. The SMILES string of the molecule is O=C(NCCCN1CCCCC1)C1=CN2C3CC4CCCCC4CC3OC3C(NCCCN4CCOCC4)CCC(C1=O)C32. The van der Waals surface area contributed by atoms with Crippen LogP contribution in [0.4, 0.5) is 0 Å². The second-order valence-electron chi connectivity index (χ2n) is 14.9. The molecule has 4 aliphatic heterocycles. The molecule has 0 radical (unpaired) electrons. The minimum absolute atomic E-state index is 0.00659. The lowest BCUT2D eigenvalue weighted by atomic mass is 9.65. The number of carbonyl (C=O) groups is 2. The summed E-state index contributed by atoms with van der Waals surface area (Å²) in [5.74, 6) is 1.24. The maximum atomic E-state index is 14.0. The summed E-state index contributed by atoms with van der Waals surface area (Å²) in [5, 5.41) is 7.03. The van der Waals surface area contributed by atoms with Crippen LogP contribution in [-0.2, 0) is 19.1 Å². The highest BCUT2D eigenvalue weighted by Gasteiger charge is 2.57. The molecule has 0 bridgehead atoms. The van der Waals surface area contributed by atoms with Gasteiger partial charge in [0.05, 0.1) is 43.1 Å². The van der Waals surface area contributed by atoms with Crippen LogP contribution in [0.15, 0.2) is 11.8 Å². The number of likely N-dealkylation sites (tertiary alicyclic amines) is 1. The standard InChI is InChI=1S/C35H57N5O4/c41-33-27-10-11-29(36-12-6-17-39-18-20-43-21-19-39)34-32(27)40(30-22-25-8-2-3-9-26(25)23-31(30)44-34)24-28(33)35(42)37-13-7-16-38-14-4-1-5-15-38/h24-27,29-32,34,36H,1-23H2,(H,37,42). The van der Waals surface area contributed by atoms with Crippen molar-refractivity contribution in [1.29, 1.82) is 0 Å². The van der Waals surface area contributed by atoms with Crippen molar-refractivity contribution in [3.63, 3.8) is 0 Å². The van der Waals surface area contributed by atoms with Crippen LogP contribution in [0, 0.1) is 17.8 Å². The zero-order valence-corrected chi connectivity index (χ0v) is 26.9. The van der Waals surface area contributed by atoms with Crippen molar-refractivity contribution in [2.75, 3.05) is 65.6 Å². The number of nitrogens with one attached hydrogen (secondary N) is 2. The van der Waals surface area contributed by atoms with Crippen molar-refractivity contribution < 1.29 is 19.1 Å². The zero-order valence-electron chi connectivity index (χ0n) is 26.9. The molecule has 6 fully saturated rings. The first-order valence-electron chi connectivity index (χ1n) is 18.4. The van der Waals surface area contributed by atoms with Crippen molar-refractivity contribution in [2.45, 2.75) is 114 Å². The van der Waals surface area contributed by atoms with Crippen LogP contribution in [0.3, 0.4) is 0 Å². The number of Topliss-reactive ketones (excluding diaryl/α,β-unsaturated/α-hetero) is 1. The number of hydrogen-bond donors (Lipinski definition) is 2. The number of piperidine rings is 1. The smallest absolute Gasteiger partial charge is 0.256 e. The Morgan fingerprint density at radius 2 is 1.57 bits per heavy atom. The Morgan fingerprint density at radius 3 is 2.36 bits per heavy atom. The molecule has 0 aromatic heterocycles. The molecule has 7 aliphatic rings. The molecule has 246 valence electrons. The number of carbonyl (C=O) groups excluding carboxylic acids is 2. The highest BCUT2D eigenvalue weighted by atomic mass is 16.5. The molecule has 3 saturated heterocycles.